The molecule has 0 amide bonds. The van der Waals surface area contributed by atoms with Crippen molar-refractivity contribution >= 4 is 48.6 Å². The molecule has 54 heavy (non-hydrogen) atoms. The number of thiophene rings is 1. The van der Waals surface area contributed by atoms with Crippen LogP contribution in [0.25, 0.3) is 42.4 Å². The molecular formula is C52H37NS. The predicted molar refractivity (Wildman–Crippen MR) is 229 cm³/mol. The van der Waals surface area contributed by atoms with Crippen LogP contribution in [0.5, 0.6) is 0 Å². The maximum atomic E-state index is 2.49. The number of anilines is 3. The van der Waals surface area contributed by atoms with Gasteiger partial charge in [-0.05, 0) is 98.1 Å². The second-order valence-corrected chi connectivity index (χ2v) is 16.3. The predicted octanol–water partition coefficient (Wildman–Crippen LogP) is 14.2. The van der Waals surface area contributed by atoms with Gasteiger partial charge in [-0.15, -0.1) is 11.3 Å². The normalized spacial score (nSPS) is 14.4. The molecule has 0 saturated heterocycles. The second kappa shape index (κ2) is 11.6. The van der Waals surface area contributed by atoms with Gasteiger partial charge in [-0.3, -0.25) is 0 Å². The number of hydrogen-bond donors (Lipinski definition) is 0. The quantitative estimate of drug-likeness (QED) is 0.176. The van der Waals surface area contributed by atoms with Crippen LogP contribution >= 0.6 is 11.3 Å². The molecule has 9 aromatic rings. The highest BCUT2D eigenvalue weighted by atomic mass is 32.1. The van der Waals surface area contributed by atoms with Crippen molar-refractivity contribution in [3.8, 4) is 22.3 Å². The fourth-order valence-corrected chi connectivity index (χ4v) is 11.0. The number of para-hydroxylation sites is 1. The third-order valence-electron chi connectivity index (χ3n) is 12.2. The van der Waals surface area contributed by atoms with E-state index in [0.29, 0.717) is 0 Å². The fraction of sp³-hybridized carbons (Fsp3) is 0.0769. The summed E-state index contributed by atoms with van der Waals surface area (Å²) in [7, 11) is 0. The molecule has 2 aliphatic rings. The maximum Gasteiger partial charge on any atom is 0.0719 e. The van der Waals surface area contributed by atoms with Crippen molar-refractivity contribution in [2.45, 2.75) is 24.7 Å². The molecule has 2 heteroatoms. The zero-order chi connectivity index (χ0) is 36.0. The first-order valence-corrected chi connectivity index (χ1v) is 19.7. The molecule has 0 unspecified atom stereocenters. The number of rotatable bonds is 4. The zero-order valence-corrected chi connectivity index (χ0v) is 31.1. The number of benzene rings is 8. The lowest BCUT2D eigenvalue weighted by molar-refractivity contribution is 0.563. The Morgan fingerprint density at radius 2 is 0.963 bits per heavy atom. The first-order chi connectivity index (χ1) is 26.5. The van der Waals surface area contributed by atoms with Gasteiger partial charge < -0.3 is 4.90 Å². The van der Waals surface area contributed by atoms with Crippen LogP contribution in [-0.4, -0.2) is 0 Å². The minimum atomic E-state index is -0.405. The molecule has 0 N–H and O–H groups in total. The Labute approximate surface area is 320 Å². The third kappa shape index (κ3) is 4.26. The minimum Gasteiger partial charge on any atom is -0.309 e. The Balaban J connectivity index is 1.08. The Hall–Kier alpha value is -6.22. The van der Waals surface area contributed by atoms with Crippen LogP contribution < -0.4 is 4.90 Å². The minimum absolute atomic E-state index is 0.117. The van der Waals surface area contributed by atoms with Gasteiger partial charge in [0.1, 0.15) is 0 Å². The fourth-order valence-electron chi connectivity index (χ4n) is 9.76. The van der Waals surface area contributed by atoms with Gasteiger partial charge in [-0.25, -0.2) is 0 Å². The first-order valence-electron chi connectivity index (χ1n) is 18.9. The average Bonchev–Trinajstić information content (AvgIpc) is 3.75. The molecule has 0 fully saturated rings. The highest BCUT2D eigenvalue weighted by Crippen LogP contribution is 2.62. The lowest BCUT2D eigenvalue weighted by Crippen LogP contribution is -2.40. The van der Waals surface area contributed by atoms with Crippen molar-refractivity contribution in [1.82, 2.24) is 0 Å². The highest BCUT2D eigenvalue weighted by molar-refractivity contribution is 7.26. The van der Waals surface area contributed by atoms with Gasteiger partial charge in [-0.1, -0.05) is 159 Å². The van der Waals surface area contributed by atoms with E-state index in [1.54, 1.807) is 0 Å². The van der Waals surface area contributed by atoms with Crippen molar-refractivity contribution in [2.75, 3.05) is 4.90 Å². The van der Waals surface area contributed by atoms with E-state index in [1.807, 2.05) is 11.3 Å². The van der Waals surface area contributed by atoms with Crippen LogP contribution in [0, 0.1) is 0 Å². The standard InChI is InChI=1S/C52H37NS/c1-51(2)43-21-9-11-23-45(43)52(46-24-12-10-22-44(46)51)42-20-8-6-17-38(42)39-32-29-35(33-47(39)52)34-27-30-37(31-28-34)53(36-15-4-3-5-16-36)48-25-14-19-41-40-18-7-13-26-49(40)54-50(41)48/h3-33H,1-2H3. The van der Waals surface area contributed by atoms with E-state index in [0.717, 1.165) is 11.4 Å². The van der Waals surface area contributed by atoms with E-state index < -0.39 is 5.41 Å². The van der Waals surface area contributed by atoms with Gasteiger partial charge in [0, 0.05) is 32.3 Å². The second-order valence-electron chi connectivity index (χ2n) is 15.2. The zero-order valence-electron chi connectivity index (χ0n) is 30.3. The molecule has 1 spiro atoms. The van der Waals surface area contributed by atoms with Crippen LogP contribution in [0.4, 0.5) is 17.1 Å². The molecule has 2 aliphatic carbocycles. The smallest absolute Gasteiger partial charge is 0.0719 e. The molecule has 0 aliphatic heterocycles. The molecular weight excluding hydrogens is 671 g/mol. The first kappa shape index (κ1) is 31.3. The Bertz CT molecular complexity index is 2860. The number of nitrogens with zero attached hydrogens (tertiary/aromatic N) is 1. The van der Waals surface area contributed by atoms with Crippen molar-refractivity contribution in [2.24, 2.45) is 0 Å². The van der Waals surface area contributed by atoms with Crippen molar-refractivity contribution in [3.05, 3.63) is 221 Å². The Kier molecular flexibility index (Phi) is 6.75. The van der Waals surface area contributed by atoms with Crippen LogP contribution in [0.15, 0.2) is 188 Å². The lowest BCUT2D eigenvalue weighted by Gasteiger charge is -2.46. The lowest BCUT2D eigenvalue weighted by atomic mass is 9.55. The van der Waals surface area contributed by atoms with Crippen molar-refractivity contribution in [1.29, 1.82) is 0 Å². The van der Waals surface area contributed by atoms with E-state index in [9.17, 15) is 0 Å². The number of fused-ring (bicyclic) bond motifs is 12. The summed E-state index contributed by atoms with van der Waals surface area (Å²) < 4.78 is 2.61. The molecule has 8 aromatic carbocycles. The van der Waals surface area contributed by atoms with Crippen LogP contribution in [0.1, 0.15) is 47.2 Å². The van der Waals surface area contributed by atoms with E-state index in [-0.39, 0.29) is 5.41 Å². The van der Waals surface area contributed by atoms with Crippen LogP contribution in [0.3, 0.4) is 0 Å². The third-order valence-corrected chi connectivity index (χ3v) is 13.4. The van der Waals surface area contributed by atoms with E-state index in [4.69, 9.17) is 0 Å². The van der Waals surface area contributed by atoms with Gasteiger partial charge >= 0.3 is 0 Å². The molecule has 0 saturated carbocycles. The molecule has 1 aromatic heterocycles. The van der Waals surface area contributed by atoms with Gasteiger partial charge in [-0.2, -0.15) is 0 Å². The van der Waals surface area contributed by atoms with Gasteiger partial charge in [0.2, 0.25) is 0 Å². The van der Waals surface area contributed by atoms with E-state index in [1.165, 1.54) is 81.5 Å². The summed E-state index contributed by atoms with van der Waals surface area (Å²) in [6.45, 7) is 4.77. The number of hydrogen-bond acceptors (Lipinski definition) is 2. The summed E-state index contributed by atoms with van der Waals surface area (Å²) in [6.07, 6.45) is 0. The monoisotopic (exact) mass is 707 g/mol. The molecule has 0 atom stereocenters. The summed E-state index contributed by atoms with van der Waals surface area (Å²) in [5.74, 6) is 0. The maximum absolute atomic E-state index is 2.49. The summed E-state index contributed by atoms with van der Waals surface area (Å²) in [4.78, 5) is 2.41. The summed E-state index contributed by atoms with van der Waals surface area (Å²) in [5.41, 5.74) is 16.4. The van der Waals surface area contributed by atoms with Crippen molar-refractivity contribution < 1.29 is 0 Å². The molecule has 1 heterocycles. The summed E-state index contributed by atoms with van der Waals surface area (Å²) >= 11 is 1.87. The largest absolute Gasteiger partial charge is 0.309 e. The average molecular weight is 708 g/mol. The Morgan fingerprint density at radius 3 is 1.70 bits per heavy atom. The summed E-state index contributed by atoms with van der Waals surface area (Å²) in [6, 6.07) is 70.0. The van der Waals surface area contributed by atoms with Crippen LogP contribution in [-0.2, 0) is 10.8 Å². The van der Waals surface area contributed by atoms with E-state index >= 15 is 0 Å². The molecule has 0 bridgehead atoms. The van der Waals surface area contributed by atoms with E-state index in [2.05, 4.69) is 207 Å². The molecule has 11 rings (SSSR count). The molecule has 0 radical (unpaired) electrons. The Morgan fingerprint density at radius 1 is 0.407 bits per heavy atom. The summed E-state index contributed by atoms with van der Waals surface area (Å²) in [5, 5.41) is 2.61. The van der Waals surface area contributed by atoms with Gasteiger partial charge in [0.15, 0.2) is 0 Å². The van der Waals surface area contributed by atoms with Crippen molar-refractivity contribution in [3.63, 3.8) is 0 Å². The molecule has 256 valence electrons. The van der Waals surface area contributed by atoms with Gasteiger partial charge in [0.05, 0.1) is 15.8 Å². The molecule has 1 nitrogen and oxygen atoms in total. The SMILES string of the molecule is CC1(C)c2ccccc2C2(c3ccccc3-c3ccc(-c4ccc(N(c5ccccc5)c5cccc6c5sc5ccccc56)cc4)cc32)c2ccccc21. The van der Waals surface area contributed by atoms with Gasteiger partial charge in [0.25, 0.3) is 0 Å². The topological polar surface area (TPSA) is 3.24 Å². The highest BCUT2D eigenvalue weighted by Gasteiger charge is 2.53. The van der Waals surface area contributed by atoms with Crippen LogP contribution in [0.2, 0.25) is 0 Å².